The highest BCUT2D eigenvalue weighted by Crippen LogP contribution is 2.38. The van der Waals surface area contributed by atoms with Gasteiger partial charge in [0.15, 0.2) is 0 Å². The van der Waals surface area contributed by atoms with E-state index in [1.54, 1.807) is 6.92 Å². The molecule has 1 aromatic carbocycles. The van der Waals surface area contributed by atoms with Crippen LogP contribution in [0.25, 0.3) is 0 Å². The number of hydrogen-bond acceptors (Lipinski definition) is 1. The summed E-state index contributed by atoms with van der Waals surface area (Å²) in [7, 11) is 0. The molecule has 0 saturated carbocycles. The average molecular weight is 264 g/mol. The Morgan fingerprint density at radius 1 is 1.17 bits per heavy atom. The molecule has 18 heavy (non-hydrogen) atoms. The van der Waals surface area contributed by atoms with Crippen molar-refractivity contribution in [2.45, 2.75) is 31.9 Å². The lowest BCUT2D eigenvalue weighted by molar-refractivity contribution is -0.152. The summed E-state index contributed by atoms with van der Waals surface area (Å²) in [6.45, 7) is 1.01. The van der Waals surface area contributed by atoms with Crippen molar-refractivity contribution in [3.63, 3.8) is 0 Å². The minimum absolute atomic E-state index is 0.0637. The van der Waals surface area contributed by atoms with E-state index in [9.17, 15) is 17.6 Å². The predicted octanol–water partition coefficient (Wildman–Crippen LogP) is 4.48. The van der Waals surface area contributed by atoms with Crippen LogP contribution in [0.4, 0.5) is 17.6 Å². The van der Waals surface area contributed by atoms with Gasteiger partial charge in [0.1, 0.15) is 19.0 Å². The first-order valence-corrected chi connectivity index (χ1v) is 5.84. The van der Waals surface area contributed by atoms with Crippen molar-refractivity contribution in [1.82, 2.24) is 0 Å². The van der Waals surface area contributed by atoms with E-state index in [0.717, 1.165) is 0 Å². The van der Waals surface area contributed by atoms with Crippen LogP contribution in [-0.4, -0.2) is 19.5 Å². The number of halogens is 4. The van der Waals surface area contributed by atoms with Crippen LogP contribution in [0.5, 0.6) is 5.75 Å². The molecule has 1 atom stereocenters. The van der Waals surface area contributed by atoms with E-state index in [1.807, 2.05) is 0 Å². The van der Waals surface area contributed by atoms with Crippen molar-refractivity contribution in [2.24, 2.45) is 0 Å². The quantitative estimate of drug-likeness (QED) is 0.688. The van der Waals surface area contributed by atoms with Crippen molar-refractivity contribution < 1.29 is 22.3 Å². The Kier molecular flexibility index (Phi) is 5.44. The highest BCUT2D eigenvalue weighted by atomic mass is 19.4. The van der Waals surface area contributed by atoms with Gasteiger partial charge in [-0.3, -0.25) is 0 Å². The summed E-state index contributed by atoms with van der Waals surface area (Å²) in [4.78, 5) is 0. The third kappa shape index (κ3) is 4.20. The summed E-state index contributed by atoms with van der Waals surface area (Å²) in [5.41, 5.74) is 0.219. The van der Waals surface area contributed by atoms with Crippen LogP contribution in [0, 0.1) is 0 Å². The van der Waals surface area contributed by atoms with Gasteiger partial charge < -0.3 is 4.74 Å². The molecule has 0 spiro atoms. The van der Waals surface area contributed by atoms with Crippen LogP contribution >= 0.6 is 0 Å². The predicted molar refractivity (Wildman–Crippen MR) is 61.6 cm³/mol. The van der Waals surface area contributed by atoms with Gasteiger partial charge in [-0.2, -0.15) is 13.2 Å². The third-order valence-electron chi connectivity index (χ3n) is 2.60. The summed E-state index contributed by atoms with van der Waals surface area (Å²) in [6.07, 6.45) is -3.71. The molecule has 0 bridgehead atoms. The van der Waals surface area contributed by atoms with E-state index >= 15 is 0 Å². The van der Waals surface area contributed by atoms with Gasteiger partial charge in [0.2, 0.25) is 0 Å². The van der Waals surface area contributed by atoms with Crippen molar-refractivity contribution >= 4 is 0 Å². The van der Waals surface area contributed by atoms with Gasteiger partial charge in [-0.25, -0.2) is 4.39 Å². The number of hydrogen-bond donors (Lipinski definition) is 0. The third-order valence-corrected chi connectivity index (χ3v) is 2.60. The Morgan fingerprint density at radius 2 is 1.78 bits per heavy atom. The summed E-state index contributed by atoms with van der Waals surface area (Å²) >= 11 is 0. The lowest BCUT2D eigenvalue weighted by Crippen LogP contribution is -2.20. The van der Waals surface area contributed by atoms with Gasteiger partial charge in [-0.05, 0) is 24.1 Å². The van der Waals surface area contributed by atoms with Gasteiger partial charge >= 0.3 is 6.18 Å². The molecule has 1 unspecified atom stereocenters. The van der Waals surface area contributed by atoms with Crippen LogP contribution in [0.3, 0.4) is 0 Å². The highest BCUT2D eigenvalue weighted by molar-refractivity contribution is 5.30. The van der Waals surface area contributed by atoms with Gasteiger partial charge in [0, 0.05) is 0 Å². The minimum Gasteiger partial charge on any atom is -0.491 e. The van der Waals surface area contributed by atoms with Crippen molar-refractivity contribution in [3.8, 4) is 5.75 Å². The molecular weight excluding hydrogens is 248 g/mol. The lowest BCUT2D eigenvalue weighted by Gasteiger charge is -2.20. The SMILES string of the molecule is CCCC(c1ccc(OCCF)cc1)C(F)(F)F. The Bertz CT molecular complexity index is 345. The van der Waals surface area contributed by atoms with Gasteiger partial charge in [-0.15, -0.1) is 0 Å². The molecule has 0 aliphatic heterocycles. The zero-order valence-electron chi connectivity index (χ0n) is 10.1. The molecule has 102 valence electrons. The Hall–Kier alpha value is -1.26. The maximum absolute atomic E-state index is 12.8. The first-order chi connectivity index (χ1) is 8.49. The Balaban J connectivity index is 2.80. The molecule has 0 heterocycles. The van der Waals surface area contributed by atoms with E-state index in [1.165, 1.54) is 24.3 Å². The van der Waals surface area contributed by atoms with Crippen LogP contribution in [0.2, 0.25) is 0 Å². The fourth-order valence-electron chi connectivity index (χ4n) is 1.76. The van der Waals surface area contributed by atoms with Crippen molar-refractivity contribution in [1.29, 1.82) is 0 Å². The topological polar surface area (TPSA) is 9.23 Å². The molecule has 0 aliphatic carbocycles. The van der Waals surface area contributed by atoms with Gasteiger partial charge in [-0.1, -0.05) is 25.5 Å². The van der Waals surface area contributed by atoms with Crippen LogP contribution in [0.1, 0.15) is 31.2 Å². The smallest absolute Gasteiger partial charge is 0.395 e. The van der Waals surface area contributed by atoms with Crippen LogP contribution in [-0.2, 0) is 0 Å². The first-order valence-electron chi connectivity index (χ1n) is 5.84. The molecule has 5 heteroatoms. The zero-order valence-corrected chi connectivity index (χ0v) is 10.1. The van der Waals surface area contributed by atoms with E-state index in [-0.39, 0.29) is 18.6 Å². The average Bonchev–Trinajstić information content (AvgIpc) is 2.33. The summed E-state index contributed by atoms with van der Waals surface area (Å²) < 4.78 is 55.3. The van der Waals surface area contributed by atoms with E-state index in [2.05, 4.69) is 0 Å². The molecular formula is C13H16F4O. The maximum atomic E-state index is 12.8. The molecule has 0 fully saturated rings. The molecule has 1 aromatic rings. The van der Waals surface area contributed by atoms with Gasteiger partial charge in [0.25, 0.3) is 0 Å². The van der Waals surface area contributed by atoms with Crippen LogP contribution in [0.15, 0.2) is 24.3 Å². The zero-order chi connectivity index (χ0) is 13.6. The number of ether oxygens (including phenoxy) is 1. The van der Waals surface area contributed by atoms with Crippen molar-refractivity contribution in [3.05, 3.63) is 29.8 Å². The highest BCUT2D eigenvalue weighted by Gasteiger charge is 2.39. The molecule has 0 aromatic heterocycles. The van der Waals surface area contributed by atoms with E-state index in [0.29, 0.717) is 12.2 Å². The molecule has 1 rings (SSSR count). The van der Waals surface area contributed by atoms with E-state index in [4.69, 9.17) is 4.74 Å². The van der Waals surface area contributed by atoms with Crippen molar-refractivity contribution in [2.75, 3.05) is 13.3 Å². The minimum atomic E-state index is -4.24. The molecule has 0 N–H and O–H groups in total. The number of benzene rings is 1. The standard InChI is InChI=1S/C13H16F4O/c1-2-3-12(13(15,16)17)10-4-6-11(7-5-10)18-9-8-14/h4-7,12H,2-3,8-9H2,1H3. The lowest BCUT2D eigenvalue weighted by atomic mass is 9.94. The maximum Gasteiger partial charge on any atom is 0.395 e. The second kappa shape index (κ2) is 6.61. The normalized spacial score (nSPS) is 13.4. The molecule has 0 saturated heterocycles. The molecule has 0 aliphatic rings. The monoisotopic (exact) mass is 264 g/mol. The summed E-state index contributed by atoms with van der Waals surface area (Å²) in [5, 5.41) is 0. The Morgan fingerprint density at radius 3 is 2.22 bits per heavy atom. The molecule has 0 radical (unpaired) electrons. The number of alkyl halides is 4. The first kappa shape index (κ1) is 14.8. The fraction of sp³-hybridized carbons (Fsp3) is 0.538. The Labute approximate surface area is 104 Å². The molecule has 1 nitrogen and oxygen atoms in total. The van der Waals surface area contributed by atoms with Crippen LogP contribution < -0.4 is 4.74 Å². The second-order valence-electron chi connectivity index (χ2n) is 3.99. The fourth-order valence-corrected chi connectivity index (χ4v) is 1.76. The summed E-state index contributed by atoms with van der Waals surface area (Å²) in [6, 6.07) is 5.67. The second-order valence-corrected chi connectivity index (χ2v) is 3.99. The number of rotatable bonds is 6. The largest absolute Gasteiger partial charge is 0.491 e. The van der Waals surface area contributed by atoms with E-state index < -0.39 is 18.8 Å². The summed E-state index contributed by atoms with van der Waals surface area (Å²) in [5.74, 6) is -1.06. The van der Waals surface area contributed by atoms with Gasteiger partial charge in [0.05, 0.1) is 5.92 Å². The molecule has 0 amide bonds.